The van der Waals surface area contributed by atoms with Gasteiger partial charge >= 0.3 is 0 Å². The molecule has 0 bridgehead atoms. The third kappa shape index (κ3) is 3.90. The summed E-state index contributed by atoms with van der Waals surface area (Å²) in [4.78, 5) is 5.92. The van der Waals surface area contributed by atoms with Gasteiger partial charge in [0, 0.05) is 32.1 Å². The van der Waals surface area contributed by atoms with Gasteiger partial charge in [0.15, 0.2) is 4.80 Å². The quantitative estimate of drug-likeness (QED) is 0.667. The van der Waals surface area contributed by atoms with Gasteiger partial charge in [0.05, 0.1) is 16.3 Å². The molecule has 142 valence electrons. The lowest BCUT2D eigenvalue weighted by atomic mass is 10.1. The maximum Gasteiger partial charge on any atom is 0.242 e. The van der Waals surface area contributed by atoms with E-state index < -0.39 is 10.0 Å². The molecule has 27 heavy (non-hydrogen) atoms. The third-order valence-corrected chi connectivity index (χ3v) is 7.09. The molecule has 0 N–H and O–H groups in total. The van der Waals surface area contributed by atoms with Gasteiger partial charge in [0.25, 0.3) is 0 Å². The lowest BCUT2D eigenvalue weighted by Crippen LogP contribution is -2.22. The zero-order chi connectivity index (χ0) is 19.8. The molecule has 0 saturated heterocycles. The smallest absolute Gasteiger partial charge is 0.242 e. The molecule has 0 saturated carbocycles. The van der Waals surface area contributed by atoms with Crippen LogP contribution in [-0.2, 0) is 17.1 Å². The summed E-state index contributed by atoms with van der Waals surface area (Å²) in [5.41, 5.74) is 4.74. The van der Waals surface area contributed by atoms with Crippen LogP contribution in [0.4, 0.5) is 5.69 Å². The second-order valence-electron chi connectivity index (χ2n) is 6.68. The Labute approximate surface area is 164 Å². The molecule has 0 radical (unpaired) electrons. The highest BCUT2D eigenvalue weighted by Gasteiger charge is 2.19. The Morgan fingerprint density at radius 3 is 2.44 bits per heavy atom. The molecule has 0 atom stereocenters. The van der Waals surface area contributed by atoms with Crippen LogP contribution in [0.2, 0.25) is 0 Å². The molecule has 1 aromatic heterocycles. The summed E-state index contributed by atoms with van der Waals surface area (Å²) in [7, 11) is 1.55. The first-order valence-electron chi connectivity index (χ1n) is 8.49. The Morgan fingerprint density at radius 1 is 1.07 bits per heavy atom. The van der Waals surface area contributed by atoms with E-state index in [1.165, 1.54) is 15.6 Å². The summed E-state index contributed by atoms with van der Waals surface area (Å²) in [6.07, 6.45) is 0. The van der Waals surface area contributed by atoms with E-state index in [2.05, 4.69) is 0 Å². The summed E-state index contributed by atoms with van der Waals surface area (Å²) in [6, 6.07) is 13.4. The van der Waals surface area contributed by atoms with Crippen molar-refractivity contribution in [3.63, 3.8) is 0 Å². The molecule has 0 aliphatic heterocycles. The highest BCUT2D eigenvalue weighted by Crippen LogP contribution is 2.26. The minimum absolute atomic E-state index is 0.297. The summed E-state index contributed by atoms with van der Waals surface area (Å²) in [5.74, 6) is 0. The van der Waals surface area contributed by atoms with Crippen molar-refractivity contribution in [2.45, 2.75) is 18.7 Å². The second-order valence-corrected chi connectivity index (χ2v) is 9.67. The Morgan fingerprint density at radius 2 is 1.78 bits per heavy atom. The van der Waals surface area contributed by atoms with Gasteiger partial charge in [-0.25, -0.2) is 17.7 Å². The number of aryl methyl sites for hydroxylation is 2. The molecule has 7 heteroatoms. The first kappa shape index (κ1) is 19.5. The van der Waals surface area contributed by atoms with Crippen molar-refractivity contribution in [2.24, 2.45) is 12.0 Å². The molecule has 0 spiro atoms. The van der Waals surface area contributed by atoms with E-state index in [0.717, 1.165) is 32.9 Å². The molecule has 1 heterocycles. The van der Waals surface area contributed by atoms with Crippen LogP contribution in [0.15, 0.2) is 57.7 Å². The maximum atomic E-state index is 12.5. The lowest BCUT2D eigenvalue weighted by molar-refractivity contribution is 0.520. The minimum Gasteiger partial charge on any atom is -0.320 e. The number of thiazole rings is 1. The van der Waals surface area contributed by atoms with Crippen LogP contribution in [-0.4, -0.2) is 31.4 Å². The number of hydrogen-bond acceptors (Lipinski definition) is 4. The van der Waals surface area contributed by atoms with Crippen molar-refractivity contribution in [1.82, 2.24) is 8.87 Å². The van der Waals surface area contributed by atoms with Crippen LogP contribution in [0.3, 0.4) is 0 Å². The maximum absolute atomic E-state index is 12.5. The van der Waals surface area contributed by atoms with Crippen LogP contribution in [0, 0.1) is 13.8 Å². The van der Waals surface area contributed by atoms with Crippen molar-refractivity contribution < 1.29 is 8.42 Å². The summed E-state index contributed by atoms with van der Waals surface area (Å²) in [6.45, 7) is 3.94. The van der Waals surface area contributed by atoms with Crippen LogP contribution in [0.5, 0.6) is 0 Å². The van der Waals surface area contributed by atoms with Gasteiger partial charge in [-0.15, -0.1) is 11.3 Å². The number of rotatable bonds is 4. The van der Waals surface area contributed by atoms with Gasteiger partial charge < -0.3 is 4.57 Å². The van der Waals surface area contributed by atoms with Crippen molar-refractivity contribution in [3.05, 3.63) is 63.8 Å². The Bertz CT molecular complexity index is 1160. The summed E-state index contributed by atoms with van der Waals surface area (Å²) >= 11 is 1.54. The molecule has 0 unspecified atom stereocenters. The number of nitrogens with zero attached hydrogens (tertiary/aromatic N) is 3. The predicted octanol–water partition coefficient (Wildman–Crippen LogP) is 3.85. The Hall–Kier alpha value is -2.22. The monoisotopic (exact) mass is 401 g/mol. The molecule has 3 rings (SSSR count). The normalized spacial score (nSPS) is 12.7. The van der Waals surface area contributed by atoms with E-state index in [-0.39, 0.29) is 0 Å². The Kier molecular flexibility index (Phi) is 5.37. The molecular formula is C20H23N3O2S2. The van der Waals surface area contributed by atoms with Crippen LogP contribution in [0.1, 0.15) is 11.1 Å². The largest absolute Gasteiger partial charge is 0.320 e. The fourth-order valence-corrected chi connectivity index (χ4v) is 4.73. The zero-order valence-corrected chi connectivity index (χ0v) is 17.7. The van der Waals surface area contributed by atoms with Gasteiger partial charge in [-0.3, -0.25) is 0 Å². The highest BCUT2D eigenvalue weighted by atomic mass is 32.2. The Balaban J connectivity index is 2.13. The van der Waals surface area contributed by atoms with Gasteiger partial charge in [-0.2, -0.15) is 0 Å². The minimum atomic E-state index is -3.49. The lowest BCUT2D eigenvalue weighted by Gasteiger charge is -2.13. The number of sulfonamides is 1. The van der Waals surface area contributed by atoms with E-state index in [0.29, 0.717) is 4.90 Å². The van der Waals surface area contributed by atoms with E-state index in [1.807, 2.05) is 61.2 Å². The second kappa shape index (κ2) is 7.42. The first-order valence-corrected chi connectivity index (χ1v) is 10.8. The summed E-state index contributed by atoms with van der Waals surface area (Å²) < 4.78 is 28.3. The topological polar surface area (TPSA) is 54.7 Å². The molecular weight excluding hydrogens is 378 g/mol. The average molecular weight is 402 g/mol. The van der Waals surface area contributed by atoms with Crippen molar-refractivity contribution >= 4 is 27.0 Å². The predicted molar refractivity (Wildman–Crippen MR) is 111 cm³/mol. The molecule has 0 aliphatic carbocycles. The molecule has 0 aliphatic rings. The molecule has 5 nitrogen and oxygen atoms in total. The van der Waals surface area contributed by atoms with Crippen LogP contribution >= 0.6 is 11.3 Å². The van der Waals surface area contributed by atoms with E-state index in [1.54, 1.807) is 26.2 Å². The van der Waals surface area contributed by atoms with Crippen molar-refractivity contribution in [1.29, 1.82) is 0 Å². The third-order valence-electron chi connectivity index (χ3n) is 4.38. The van der Waals surface area contributed by atoms with Gasteiger partial charge in [-0.05, 0) is 49.2 Å². The fraction of sp³-hybridized carbons (Fsp3) is 0.250. The number of hydrogen-bond donors (Lipinski definition) is 0. The van der Waals surface area contributed by atoms with Crippen molar-refractivity contribution in [2.75, 3.05) is 14.1 Å². The average Bonchev–Trinajstić information content (AvgIpc) is 2.97. The molecule has 0 amide bonds. The van der Waals surface area contributed by atoms with Gasteiger partial charge in [-0.1, -0.05) is 18.2 Å². The first-order chi connectivity index (χ1) is 12.7. The number of para-hydroxylation sites is 1. The molecule has 3 aromatic rings. The van der Waals surface area contributed by atoms with E-state index in [4.69, 9.17) is 4.99 Å². The van der Waals surface area contributed by atoms with E-state index in [9.17, 15) is 8.42 Å². The number of aromatic nitrogens is 1. The number of benzene rings is 2. The summed E-state index contributed by atoms with van der Waals surface area (Å²) in [5, 5.41) is 2.01. The van der Waals surface area contributed by atoms with Crippen LogP contribution < -0.4 is 4.80 Å². The SMILES string of the molecule is Cc1cc(-c2csc(=Nc3ccccc3C)n2C)cc(S(=O)(=O)N(C)C)c1. The van der Waals surface area contributed by atoms with Gasteiger partial charge in [0.1, 0.15) is 0 Å². The molecule has 0 fully saturated rings. The fourth-order valence-electron chi connectivity index (χ4n) is 2.78. The van der Waals surface area contributed by atoms with Gasteiger partial charge in [0.2, 0.25) is 10.0 Å². The zero-order valence-electron chi connectivity index (χ0n) is 16.1. The van der Waals surface area contributed by atoms with Crippen molar-refractivity contribution in [3.8, 4) is 11.3 Å². The van der Waals surface area contributed by atoms with E-state index >= 15 is 0 Å². The standard InChI is InChI=1S/C20H23N3O2S2/c1-14-10-16(12-17(11-14)27(24,25)22(3)4)19-13-26-20(23(19)5)21-18-9-7-6-8-15(18)2/h6-13H,1-5H3. The highest BCUT2D eigenvalue weighted by molar-refractivity contribution is 7.89. The van der Waals surface area contributed by atoms with Crippen LogP contribution in [0.25, 0.3) is 11.3 Å². The molecule has 2 aromatic carbocycles.